The lowest BCUT2D eigenvalue weighted by molar-refractivity contribution is -0.137. The molecule has 0 saturated carbocycles. The summed E-state index contributed by atoms with van der Waals surface area (Å²) in [4.78, 5) is 22.5. The van der Waals surface area contributed by atoms with Crippen LogP contribution in [-0.2, 0) is 20.4 Å². The molecule has 0 bridgehead atoms. The molecular formula is C12H11ClN2O5S. The molecular weight excluding hydrogens is 320 g/mol. The number of aliphatic carboxylic acids is 1. The molecule has 21 heavy (non-hydrogen) atoms. The third kappa shape index (κ3) is 3.59. The van der Waals surface area contributed by atoms with Gasteiger partial charge in [0.05, 0.1) is 16.5 Å². The average molecular weight is 331 g/mol. The van der Waals surface area contributed by atoms with Crippen LogP contribution in [-0.4, -0.2) is 29.3 Å². The number of benzene rings is 1. The minimum atomic E-state index is -3.93. The monoisotopic (exact) mass is 330 g/mol. The first-order valence-corrected chi connectivity index (χ1v) is 8.26. The third-order valence-electron chi connectivity index (χ3n) is 2.87. The number of aromatic nitrogens is 2. The van der Waals surface area contributed by atoms with Gasteiger partial charge < -0.3 is 5.11 Å². The SMILES string of the molecule is O=C(O)CCCn1ncc2ccc(S(=O)(=O)Cl)cc2c1=O. The maximum Gasteiger partial charge on any atom is 0.303 e. The molecule has 0 fully saturated rings. The molecule has 0 amide bonds. The van der Waals surface area contributed by atoms with Gasteiger partial charge >= 0.3 is 5.97 Å². The normalized spacial score (nSPS) is 11.7. The van der Waals surface area contributed by atoms with Crippen molar-refractivity contribution in [3.8, 4) is 0 Å². The summed E-state index contributed by atoms with van der Waals surface area (Å²) in [6.07, 6.45) is 1.59. The molecule has 1 N–H and O–H groups in total. The zero-order valence-electron chi connectivity index (χ0n) is 10.7. The molecule has 7 nitrogen and oxygen atoms in total. The number of hydrogen-bond donors (Lipinski definition) is 1. The summed E-state index contributed by atoms with van der Waals surface area (Å²) in [6.45, 7) is 0.138. The predicted molar refractivity (Wildman–Crippen MR) is 75.9 cm³/mol. The van der Waals surface area contributed by atoms with E-state index in [-0.39, 0.29) is 29.7 Å². The number of nitrogens with zero attached hydrogens (tertiary/aromatic N) is 2. The van der Waals surface area contributed by atoms with Gasteiger partial charge in [-0.3, -0.25) is 9.59 Å². The van der Waals surface area contributed by atoms with Crippen LogP contribution >= 0.6 is 10.7 Å². The van der Waals surface area contributed by atoms with E-state index in [4.69, 9.17) is 15.8 Å². The Morgan fingerprint density at radius 2 is 2.10 bits per heavy atom. The van der Waals surface area contributed by atoms with E-state index in [2.05, 4.69) is 5.10 Å². The fourth-order valence-electron chi connectivity index (χ4n) is 1.85. The second-order valence-corrected chi connectivity index (χ2v) is 6.92. The van der Waals surface area contributed by atoms with Crippen LogP contribution < -0.4 is 5.56 Å². The van der Waals surface area contributed by atoms with E-state index in [1.165, 1.54) is 24.4 Å². The van der Waals surface area contributed by atoms with Gasteiger partial charge in [0, 0.05) is 29.0 Å². The second kappa shape index (κ2) is 5.82. The second-order valence-electron chi connectivity index (χ2n) is 4.36. The van der Waals surface area contributed by atoms with Crippen molar-refractivity contribution in [2.75, 3.05) is 0 Å². The molecule has 0 radical (unpaired) electrons. The van der Waals surface area contributed by atoms with E-state index in [0.717, 1.165) is 4.68 Å². The summed E-state index contributed by atoms with van der Waals surface area (Å²) in [5, 5.41) is 13.1. The smallest absolute Gasteiger partial charge is 0.303 e. The highest BCUT2D eigenvalue weighted by atomic mass is 35.7. The van der Waals surface area contributed by atoms with Gasteiger partial charge in [-0.2, -0.15) is 5.10 Å². The fraction of sp³-hybridized carbons (Fsp3) is 0.250. The molecule has 1 heterocycles. The minimum absolute atomic E-state index is 0.0811. The van der Waals surface area contributed by atoms with Gasteiger partial charge in [-0.1, -0.05) is 6.07 Å². The Balaban J connectivity index is 2.45. The molecule has 0 unspecified atom stereocenters. The Bertz CT molecular complexity index is 860. The number of rotatable bonds is 5. The van der Waals surface area contributed by atoms with Crippen LogP contribution in [0.4, 0.5) is 0 Å². The van der Waals surface area contributed by atoms with E-state index in [1.54, 1.807) is 0 Å². The summed E-state index contributed by atoms with van der Waals surface area (Å²) in [7, 11) is 1.33. The first-order chi connectivity index (χ1) is 9.79. The van der Waals surface area contributed by atoms with Crippen molar-refractivity contribution >= 4 is 36.5 Å². The van der Waals surface area contributed by atoms with Crippen LogP contribution in [0, 0.1) is 0 Å². The molecule has 0 atom stereocenters. The van der Waals surface area contributed by atoms with E-state index >= 15 is 0 Å². The van der Waals surface area contributed by atoms with Crippen LogP contribution in [0.15, 0.2) is 34.1 Å². The van der Waals surface area contributed by atoms with E-state index in [9.17, 15) is 18.0 Å². The van der Waals surface area contributed by atoms with Crippen molar-refractivity contribution in [1.29, 1.82) is 0 Å². The van der Waals surface area contributed by atoms with Crippen molar-refractivity contribution < 1.29 is 18.3 Å². The molecule has 1 aromatic heterocycles. The summed E-state index contributed by atoms with van der Waals surface area (Å²) < 4.78 is 23.7. The number of carboxylic acids is 1. The van der Waals surface area contributed by atoms with Gasteiger partial charge in [0.2, 0.25) is 0 Å². The van der Waals surface area contributed by atoms with Crippen molar-refractivity contribution in [1.82, 2.24) is 9.78 Å². The highest BCUT2D eigenvalue weighted by molar-refractivity contribution is 8.13. The lowest BCUT2D eigenvalue weighted by Gasteiger charge is -2.05. The number of carboxylic acid groups (broad SMARTS) is 1. The Morgan fingerprint density at radius 3 is 2.71 bits per heavy atom. The fourth-order valence-corrected chi connectivity index (χ4v) is 2.62. The van der Waals surface area contributed by atoms with Crippen molar-refractivity contribution in [3.05, 3.63) is 34.7 Å². The Hall–Kier alpha value is -1.93. The Kier molecular flexibility index (Phi) is 4.29. The number of aryl methyl sites for hydroxylation is 1. The first kappa shape index (κ1) is 15.5. The average Bonchev–Trinajstić information content (AvgIpc) is 2.39. The van der Waals surface area contributed by atoms with Gasteiger partial charge in [0.1, 0.15) is 0 Å². The van der Waals surface area contributed by atoms with E-state index in [1.807, 2.05) is 0 Å². The Morgan fingerprint density at radius 1 is 1.38 bits per heavy atom. The third-order valence-corrected chi connectivity index (χ3v) is 4.22. The quantitative estimate of drug-likeness (QED) is 0.825. The van der Waals surface area contributed by atoms with Crippen LogP contribution in [0.2, 0.25) is 0 Å². The maximum absolute atomic E-state index is 12.2. The number of halogens is 1. The van der Waals surface area contributed by atoms with Gasteiger partial charge in [-0.05, 0) is 18.6 Å². The van der Waals surface area contributed by atoms with Crippen LogP contribution in [0.5, 0.6) is 0 Å². The lowest BCUT2D eigenvalue weighted by atomic mass is 10.2. The molecule has 0 saturated heterocycles. The standard InChI is InChI=1S/C12H11ClN2O5S/c13-21(19,20)9-4-3-8-7-14-15(5-1-2-11(16)17)12(18)10(8)6-9/h3-4,6-7H,1-2,5H2,(H,16,17). The summed E-state index contributed by atoms with van der Waals surface area (Å²) in [6, 6.07) is 3.93. The zero-order valence-corrected chi connectivity index (χ0v) is 12.3. The topological polar surface area (TPSA) is 106 Å². The summed E-state index contributed by atoms with van der Waals surface area (Å²) >= 11 is 0. The van der Waals surface area contributed by atoms with Crippen LogP contribution in [0.1, 0.15) is 12.8 Å². The van der Waals surface area contributed by atoms with Crippen LogP contribution in [0.25, 0.3) is 10.8 Å². The summed E-state index contributed by atoms with van der Waals surface area (Å²) in [5.41, 5.74) is -0.486. The van der Waals surface area contributed by atoms with E-state index < -0.39 is 20.6 Å². The van der Waals surface area contributed by atoms with E-state index in [0.29, 0.717) is 5.39 Å². The largest absolute Gasteiger partial charge is 0.481 e. The van der Waals surface area contributed by atoms with Gasteiger partial charge in [0.15, 0.2) is 0 Å². The van der Waals surface area contributed by atoms with Crippen molar-refractivity contribution in [2.24, 2.45) is 0 Å². The number of carbonyl (C=O) groups is 1. The zero-order chi connectivity index (χ0) is 15.6. The van der Waals surface area contributed by atoms with Gasteiger partial charge in [-0.25, -0.2) is 13.1 Å². The highest BCUT2D eigenvalue weighted by Gasteiger charge is 2.13. The minimum Gasteiger partial charge on any atom is -0.481 e. The summed E-state index contributed by atoms with van der Waals surface area (Å²) in [5.74, 6) is -0.959. The van der Waals surface area contributed by atoms with Crippen molar-refractivity contribution in [3.63, 3.8) is 0 Å². The lowest BCUT2D eigenvalue weighted by Crippen LogP contribution is -2.23. The van der Waals surface area contributed by atoms with Gasteiger partial charge in [0.25, 0.3) is 14.6 Å². The molecule has 0 aliphatic heterocycles. The number of fused-ring (bicyclic) bond motifs is 1. The molecule has 2 rings (SSSR count). The maximum atomic E-state index is 12.2. The Labute approximate surface area is 124 Å². The molecule has 0 aliphatic carbocycles. The highest BCUT2D eigenvalue weighted by Crippen LogP contribution is 2.19. The van der Waals surface area contributed by atoms with Crippen LogP contribution in [0.3, 0.4) is 0 Å². The molecule has 9 heteroatoms. The molecule has 2 aromatic rings. The predicted octanol–water partition coefficient (Wildman–Crippen LogP) is 1.19. The first-order valence-electron chi connectivity index (χ1n) is 5.95. The van der Waals surface area contributed by atoms with Gasteiger partial charge in [-0.15, -0.1) is 0 Å². The molecule has 0 spiro atoms. The van der Waals surface area contributed by atoms with Crippen molar-refractivity contribution in [2.45, 2.75) is 24.3 Å². The molecule has 112 valence electrons. The number of hydrogen-bond acceptors (Lipinski definition) is 5. The molecule has 1 aromatic carbocycles. The molecule has 0 aliphatic rings.